The largest absolute Gasteiger partial charge is 0.379 e. The summed E-state index contributed by atoms with van der Waals surface area (Å²) in [5.74, 6) is 3.04. The molecule has 6 heteroatoms. The fourth-order valence-electron chi connectivity index (χ4n) is 2.01. The maximum atomic E-state index is 11.0. The standard InChI is InChI=1S/C12H15BrN2O2S/c13-10-1-2-11(12(7-10)15(16)17)14-8-9-3-5-18-6-4-9/h1-2,7,9,14H,3-6,8H2. The minimum atomic E-state index is -0.343. The van der Waals surface area contributed by atoms with Crippen LogP contribution >= 0.6 is 27.7 Å². The molecule has 0 atom stereocenters. The summed E-state index contributed by atoms with van der Waals surface area (Å²) in [7, 11) is 0. The van der Waals surface area contributed by atoms with Crippen molar-refractivity contribution in [3.8, 4) is 0 Å². The molecule has 0 aromatic heterocycles. The number of nitro groups is 1. The Bertz CT molecular complexity index is 436. The lowest BCUT2D eigenvalue weighted by atomic mass is 10.0. The molecule has 4 nitrogen and oxygen atoms in total. The van der Waals surface area contributed by atoms with Crippen molar-refractivity contribution in [2.24, 2.45) is 5.92 Å². The number of hydrogen-bond donors (Lipinski definition) is 1. The minimum Gasteiger partial charge on any atom is -0.379 e. The van der Waals surface area contributed by atoms with Crippen molar-refractivity contribution in [1.82, 2.24) is 0 Å². The topological polar surface area (TPSA) is 55.2 Å². The van der Waals surface area contributed by atoms with Crippen molar-refractivity contribution in [1.29, 1.82) is 0 Å². The Hall–Kier alpha value is -0.750. The van der Waals surface area contributed by atoms with Gasteiger partial charge in [0, 0.05) is 17.1 Å². The third-order valence-electron chi connectivity index (χ3n) is 3.08. The number of rotatable bonds is 4. The Morgan fingerprint density at radius 2 is 2.17 bits per heavy atom. The van der Waals surface area contributed by atoms with E-state index in [2.05, 4.69) is 21.2 Å². The summed E-state index contributed by atoms with van der Waals surface area (Å²) in [4.78, 5) is 10.6. The molecule has 0 unspecified atom stereocenters. The van der Waals surface area contributed by atoms with E-state index >= 15 is 0 Å². The van der Waals surface area contributed by atoms with Crippen LogP contribution < -0.4 is 5.32 Å². The maximum Gasteiger partial charge on any atom is 0.293 e. The highest BCUT2D eigenvalue weighted by Crippen LogP contribution is 2.29. The van der Waals surface area contributed by atoms with Crippen LogP contribution in [0, 0.1) is 16.0 Å². The van der Waals surface area contributed by atoms with E-state index in [0.717, 1.165) is 11.0 Å². The van der Waals surface area contributed by atoms with E-state index in [1.54, 1.807) is 12.1 Å². The van der Waals surface area contributed by atoms with Crippen LogP contribution in [0.4, 0.5) is 11.4 Å². The summed E-state index contributed by atoms with van der Waals surface area (Å²) >= 11 is 5.25. The van der Waals surface area contributed by atoms with Gasteiger partial charge in [-0.2, -0.15) is 11.8 Å². The zero-order valence-electron chi connectivity index (χ0n) is 9.89. The van der Waals surface area contributed by atoms with E-state index in [-0.39, 0.29) is 10.6 Å². The molecule has 1 heterocycles. The summed E-state index contributed by atoms with van der Waals surface area (Å²) in [6.45, 7) is 0.822. The second kappa shape index (κ2) is 6.43. The summed E-state index contributed by atoms with van der Waals surface area (Å²) in [6.07, 6.45) is 2.39. The van der Waals surface area contributed by atoms with Gasteiger partial charge in [-0.3, -0.25) is 10.1 Å². The predicted octanol–water partition coefficient (Wildman–Crippen LogP) is 3.91. The number of hydrogen-bond acceptors (Lipinski definition) is 4. The first kappa shape index (κ1) is 13.7. The van der Waals surface area contributed by atoms with Crippen LogP contribution in [0.3, 0.4) is 0 Å². The lowest BCUT2D eigenvalue weighted by Gasteiger charge is -2.21. The van der Waals surface area contributed by atoms with E-state index in [4.69, 9.17) is 0 Å². The van der Waals surface area contributed by atoms with Crippen LogP contribution in [0.5, 0.6) is 0 Å². The number of anilines is 1. The SMILES string of the molecule is O=[N+]([O-])c1cc(Br)ccc1NCC1CCSCC1. The Morgan fingerprint density at radius 1 is 1.44 bits per heavy atom. The monoisotopic (exact) mass is 330 g/mol. The van der Waals surface area contributed by atoms with Crippen molar-refractivity contribution in [2.75, 3.05) is 23.4 Å². The fraction of sp³-hybridized carbons (Fsp3) is 0.500. The number of nitrogens with one attached hydrogen (secondary N) is 1. The first-order valence-corrected chi connectivity index (χ1v) is 7.87. The Balaban J connectivity index is 2.01. The van der Waals surface area contributed by atoms with Gasteiger partial charge in [0.05, 0.1) is 4.92 Å². The molecule has 0 aliphatic carbocycles. The Kier molecular flexibility index (Phi) is 4.88. The van der Waals surface area contributed by atoms with E-state index < -0.39 is 0 Å². The molecule has 1 aromatic carbocycles. The average molecular weight is 331 g/mol. The van der Waals surface area contributed by atoms with Gasteiger partial charge < -0.3 is 5.32 Å². The van der Waals surface area contributed by atoms with E-state index in [9.17, 15) is 10.1 Å². The molecule has 2 rings (SSSR count). The van der Waals surface area contributed by atoms with Gasteiger partial charge in [0.15, 0.2) is 0 Å². The van der Waals surface area contributed by atoms with Gasteiger partial charge in [-0.1, -0.05) is 15.9 Å². The smallest absolute Gasteiger partial charge is 0.293 e. The van der Waals surface area contributed by atoms with Gasteiger partial charge >= 0.3 is 0 Å². The normalized spacial score (nSPS) is 16.5. The zero-order chi connectivity index (χ0) is 13.0. The van der Waals surface area contributed by atoms with Gasteiger partial charge in [-0.05, 0) is 42.4 Å². The number of thioether (sulfide) groups is 1. The van der Waals surface area contributed by atoms with Crippen LogP contribution in [-0.2, 0) is 0 Å². The van der Waals surface area contributed by atoms with Gasteiger partial charge in [0.25, 0.3) is 5.69 Å². The summed E-state index contributed by atoms with van der Waals surface area (Å²) in [6, 6.07) is 5.13. The van der Waals surface area contributed by atoms with E-state index in [0.29, 0.717) is 11.6 Å². The molecule has 1 aliphatic rings. The molecule has 1 aromatic rings. The van der Waals surface area contributed by atoms with Gasteiger partial charge in [0.1, 0.15) is 5.69 Å². The second-order valence-corrected chi connectivity index (χ2v) is 6.50. The van der Waals surface area contributed by atoms with E-state index in [1.807, 2.05) is 17.8 Å². The molecule has 1 N–H and O–H groups in total. The number of nitro benzene ring substituents is 1. The highest BCUT2D eigenvalue weighted by atomic mass is 79.9. The molecule has 1 fully saturated rings. The predicted molar refractivity (Wildman–Crippen MR) is 79.3 cm³/mol. The van der Waals surface area contributed by atoms with Crippen molar-refractivity contribution in [3.63, 3.8) is 0 Å². The van der Waals surface area contributed by atoms with Crippen LogP contribution in [0.2, 0.25) is 0 Å². The zero-order valence-corrected chi connectivity index (χ0v) is 12.3. The quantitative estimate of drug-likeness (QED) is 0.671. The number of nitrogens with zero attached hydrogens (tertiary/aromatic N) is 1. The third-order valence-corrected chi connectivity index (χ3v) is 4.62. The molecular weight excluding hydrogens is 316 g/mol. The molecule has 0 spiro atoms. The number of halogens is 1. The molecule has 0 amide bonds. The molecule has 0 bridgehead atoms. The lowest BCUT2D eigenvalue weighted by Crippen LogP contribution is -2.19. The first-order chi connectivity index (χ1) is 8.66. The fourth-order valence-corrected chi connectivity index (χ4v) is 3.56. The molecule has 0 radical (unpaired) electrons. The van der Waals surface area contributed by atoms with Gasteiger partial charge in [-0.15, -0.1) is 0 Å². The lowest BCUT2D eigenvalue weighted by molar-refractivity contribution is -0.384. The van der Waals surface area contributed by atoms with Crippen LogP contribution in [0.1, 0.15) is 12.8 Å². The average Bonchev–Trinajstić information content (AvgIpc) is 2.38. The molecule has 98 valence electrons. The maximum absolute atomic E-state index is 11.0. The molecule has 1 saturated heterocycles. The third kappa shape index (κ3) is 3.62. The Labute approximate surface area is 119 Å². The van der Waals surface area contributed by atoms with Gasteiger partial charge in [0.2, 0.25) is 0 Å². The highest BCUT2D eigenvalue weighted by Gasteiger charge is 2.17. The molecular formula is C12H15BrN2O2S. The van der Waals surface area contributed by atoms with Crippen molar-refractivity contribution in [2.45, 2.75) is 12.8 Å². The molecule has 1 aliphatic heterocycles. The minimum absolute atomic E-state index is 0.134. The first-order valence-electron chi connectivity index (χ1n) is 5.92. The van der Waals surface area contributed by atoms with Gasteiger partial charge in [-0.25, -0.2) is 0 Å². The number of benzene rings is 1. The van der Waals surface area contributed by atoms with Crippen LogP contribution in [0.15, 0.2) is 22.7 Å². The molecule has 0 saturated carbocycles. The van der Waals surface area contributed by atoms with Crippen LogP contribution in [-0.4, -0.2) is 23.0 Å². The summed E-state index contributed by atoms with van der Waals surface area (Å²) in [5, 5.41) is 14.2. The summed E-state index contributed by atoms with van der Waals surface area (Å²) < 4.78 is 0.730. The van der Waals surface area contributed by atoms with Crippen molar-refractivity contribution >= 4 is 39.1 Å². The highest BCUT2D eigenvalue weighted by molar-refractivity contribution is 9.10. The van der Waals surface area contributed by atoms with Crippen molar-refractivity contribution < 1.29 is 4.92 Å². The Morgan fingerprint density at radius 3 is 2.83 bits per heavy atom. The van der Waals surface area contributed by atoms with Crippen molar-refractivity contribution in [3.05, 3.63) is 32.8 Å². The summed E-state index contributed by atoms with van der Waals surface area (Å²) in [5.41, 5.74) is 0.746. The molecule has 18 heavy (non-hydrogen) atoms. The van der Waals surface area contributed by atoms with E-state index in [1.165, 1.54) is 24.3 Å². The second-order valence-electron chi connectivity index (χ2n) is 4.36. The van der Waals surface area contributed by atoms with Crippen LogP contribution in [0.25, 0.3) is 0 Å².